The van der Waals surface area contributed by atoms with Gasteiger partial charge in [0, 0.05) is 37.4 Å². The normalized spacial score (nSPS) is 14.6. The highest BCUT2D eigenvalue weighted by molar-refractivity contribution is 7.80. The second-order valence-corrected chi connectivity index (χ2v) is 8.12. The second-order valence-electron chi connectivity index (χ2n) is 6.49. The van der Waals surface area contributed by atoms with Crippen LogP contribution < -0.4 is 15.5 Å². The maximum Gasteiger partial charge on any atom is 0.257 e. The minimum Gasteiger partial charge on any atom is -0.368 e. The Bertz CT molecular complexity index is 901. The molecule has 0 unspecified atom stereocenters. The van der Waals surface area contributed by atoms with Crippen LogP contribution in [0.15, 0.2) is 36.4 Å². The monoisotopic (exact) mass is 456 g/mol. The molecular formula is C19H19Cl3N4OS. The van der Waals surface area contributed by atoms with Crippen LogP contribution in [0.1, 0.15) is 10.4 Å². The van der Waals surface area contributed by atoms with Crippen molar-refractivity contribution in [2.45, 2.75) is 0 Å². The second kappa shape index (κ2) is 9.29. The number of carbonyl (C=O) groups excluding carboxylic acids is 1. The number of thiocarbonyl (C=S) groups is 1. The molecule has 28 heavy (non-hydrogen) atoms. The molecule has 0 atom stereocenters. The highest BCUT2D eigenvalue weighted by Crippen LogP contribution is 2.29. The summed E-state index contributed by atoms with van der Waals surface area (Å²) in [5.74, 6) is -0.378. The molecule has 0 aliphatic carbocycles. The quantitative estimate of drug-likeness (QED) is 0.663. The Hall–Kier alpha value is -1.57. The Balaban J connectivity index is 1.61. The molecule has 148 valence electrons. The molecule has 2 N–H and O–H groups in total. The van der Waals surface area contributed by atoms with Gasteiger partial charge in [0.1, 0.15) is 0 Å². The van der Waals surface area contributed by atoms with Crippen molar-refractivity contribution in [2.75, 3.05) is 43.4 Å². The lowest BCUT2D eigenvalue weighted by atomic mass is 10.2. The van der Waals surface area contributed by atoms with Crippen LogP contribution in [-0.2, 0) is 0 Å². The van der Waals surface area contributed by atoms with Crippen LogP contribution in [0.3, 0.4) is 0 Å². The SMILES string of the molecule is CN1CCN(c2ccc(NC(=S)NC(=O)c3ccc(Cl)c(Cl)c3)cc2Cl)CC1. The van der Waals surface area contributed by atoms with Gasteiger partial charge in [-0.1, -0.05) is 34.8 Å². The Morgan fingerprint density at radius 1 is 0.964 bits per heavy atom. The van der Waals surface area contributed by atoms with Crippen LogP contribution in [0.4, 0.5) is 11.4 Å². The summed E-state index contributed by atoms with van der Waals surface area (Å²) in [5, 5.41) is 7.08. The number of amides is 1. The van der Waals surface area contributed by atoms with Crippen molar-refractivity contribution in [1.82, 2.24) is 10.2 Å². The lowest BCUT2D eigenvalue weighted by molar-refractivity contribution is 0.0977. The fourth-order valence-electron chi connectivity index (χ4n) is 2.86. The van der Waals surface area contributed by atoms with Crippen LogP contribution >= 0.6 is 47.0 Å². The van der Waals surface area contributed by atoms with Crippen molar-refractivity contribution < 1.29 is 4.79 Å². The molecule has 3 rings (SSSR count). The van der Waals surface area contributed by atoms with E-state index in [2.05, 4.69) is 27.5 Å². The van der Waals surface area contributed by atoms with Gasteiger partial charge in [0.15, 0.2) is 5.11 Å². The molecule has 0 bridgehead atoms. The van der Waals surface area contributed by atoms with E-state index in [0.717, 1.165) is 31.9 Å². The number of likely N-dealkylation sites (N-methyl/N-ethyl adjacent to an activating group) is 1. The smallest absolute Gasteiger partial charge is 0.257 e. The molecule has 2 aromatic carbocycles. The molecule has 1 aliphatic heterocycles. The van der Waals surface area contributed by atoms with Gasteiger partial charge in [0.2, 0.25) is 0 Å². The predicted molar refractivity (Wildman–Crippen MR) is 121 cm³/mol. The van der Waals surface area contributed by atoms with Gasteiger partial charge >= 0.3 is 0 Å². The first-order valence-electron chi connectivity index (χ1n) is 8.64. The minimum atomic E-state index is -0.378. The number of piperazine rings is 1. The van der Waals surface area contributed by atoms with Crippen molar-refractivity contribution in [2.24, 2.45) is 0 Å². The van der Waals surface area contributed by atoms with E-state index in [1.807, 2.05) is 12.1 Å². The van der Waals surface area contributed by atoms with E-state index in [0.29, 0.717) is 26.3 Å². The van der Waals surface area contributed by atoms with E-state index in [9.17, 15) is 4.79 Å². The highest BCUT2D eigenvalue weighted by Gasteiger charge is 2.17. The van der Waals surface area contributed by atoms with Gasteiger partial charge in [-0.3, -0.25) is 10.1 Å². The standard InChI is InChI=1S/C19H19Cl3N4OS/c1-25-6-8-26(9-7-25)17-5-3-13(11-16(17)22)23-19(28)24-18(27)12-2-4-14(20)15(21)10-12/h2-5,10-11H,6-9H2,1H3,(H2,23,24,27,28). The number of halogens is 3. The average molecular weight is 458 g/mol. The Labute approximate surface area is 184 Å². The molecule has 2 aromatic rings. The largest absolute Gasteiger partial charge is 0.368 e. The molecule has 0 spiro atoms. The van der Waals surface area contributed by atoms with Crippen molar-refractivity contribution in [3.63, 3.8) is 0 Å². The molecule has 0 radical (unpaired) electrons. The number of benzene rings is 2. The molecule has 1 fully saturated rings. The highest BCUT2D eigenvalue weighted by atomic mass is 35.5. The summed E-state index contributed by atoms with van der Waals surface area (Å²) in [6.45, 7) is 3.87. The van der Waals surface area contributed by atoms with E-state index in [4.69, 9.17) is 47.0 Å². The number of hydrogen-bond donors (Lipinski definition) is 2. The molecule has 1 saturated heterocycles. The van der Waals surface area contributed by atoms with Crippen molar-refractivity contribution >= 4 is 69.4 Å². The molecule has 5 nitrogen and oxygen atoms in total. The molecule has 1 amide bonds. The number of nitrogens with one attached hydrogen (secondary N) is 2. The number of hydrogen-bond acceptors (Lipinski definition) is 4. The summed E-state index contributed by atoms with van der Waals surface area (Å²) < 4.78 is 0. The maximum absolute atomic E-state index is 12.3. The first-order valence-corrected chi connectivity index (χ1v) is 10.2. The zero-order chi connectivity index (χ0) is 20.3. The third-order valence-corrected chi connectivity index (χ3v) is 5.70. The van der Waals surface area contributed by atoms with E-state index in [-0.39, 0.29) is 11.0 Å². The van der Waals surface area contributed by atoms with Gasteiger partial charge in [-0.25, -0.2) is 0 Å². The molecular weight excluding hydrogens is 439 g/mol. The van der Waals surface area contributed by atoms with Gasteiger partial charge in [0.25, 0.3) is 5.91 Å². The van der Waals surface area contributed by atoms with E-state index in [1.54, 1.807) is 18.2 Å². The zero-order valence-corrected chi connectivity index (χ0v) is 18.2. The predicted octanol–water partition coefficient (Wildman–Crippen LogP) is 4.53. The van der Waals surface area contributed by atoms with Crippen LogP contribution in [-0.4, -0.2) is 49.1 Å². The lowest BCUT2D eigenvalue weighted by Gasteiger charge is -2.34. The van der Waals surface area contributed by atoms with Crippen LogP contribution in [0.5, 0.6) is 0 Å². The molecule has 1 heterocycles. The number of anilines is 2. The minimum absolute atomic E-state index is 0.166. The van der Waals surface area contributed by atoms with Gasteiger partial charge in [0.05, 0.1) is 20.8 Å². The molecule has 0 aromatic heterocycles. The van der Waals surface area contributed by atoms with Gasteiger partial charge < -0.3 is 15.1 Å². The van der Waals surface area contributed by atoms with E-state index in [1.165, 1.54) is 6.07 Å². The van der Waals surface area contributed by atoms with Crippen molar-refractivity contribution in [1.29, 1.82) is 0 Å². The fraction of sp³-hybridized carbons (Fsp3) is 0.263. The summed E-state index contributed by atoms with van der Waals surface area (Å²) in [6.07, 6.45) is 0. The van der Waals surface area contributed by atoms with Crippen molar-refractivity contribution in [3.8, 4) is 0 Å². The van der Waals surface area contributed by atoms with E-state index >= 15 is 0 Å². The fourth-order valence-corrected chi connectivity index (χ4v) is 3.67. The van der Waals surface area contributed by atoms with Gasteiger partial charge in [-0.15, -0.1) is 0 Å². The third kappa shape index (κ3) is 5.27. The summed E-state index contributed by atoms with van der Waals surface area (Å²) in [6, 6.07) is 10.3. The lowest BCUT2D eigenvalue weighted by Crippen LogP contribution is -2.44. The molecule has 9 heteroatoms. The topological polar surface area (TPSA) is 47.6 Å². The van der Waals surface area contributed by atoms with E-state index < -0.39 is 0 Å². The van der Waals surface area contributed by atoms with Crippen molar-refractivity contribution in [3.05, 3.63) is 57.0 Å². The number of nitrogens with zero attached hydrogens (tertiary/aromatic N) is 2. The zero-order valence-electron chi connectivity index (χ0n) is 15.1. The summed E-state index contributed by atoms with van der Waals surface area (Å²) in [5.41, 5.74) is 2.05. The first kappa shape index (κ1) is 21.1. The van der Waals surface area contributed by atoms with Gasteiger partial charge in [-0.05, 0) is 55.7 Å². The maximum atomic E-state index is 12.3. The first-order chi connectivity index (χ1) is 13.3. The Morgan fingerprint density at radius 3 is 2.32 bits per heavy atom. The van der Waals surface area contributed by atoms with Gasteiger partial charge in [-0.2, -0.15) is 0 Å². The Morgan fingerprint density at radius 2 is 1.68 bits per heavy atom. The number of carbonyl (C=O) groups is 1. The number of rotatable bonds is 3. The molecule has 1 aliphatic rings. The third-order valence-electron chi connectivity index (χ3n) is 4.46. The van der Waals surface area contributed by atoms with Crippen LogP contribution in [0.25, 0.3) is 0 Å². The molecule has 0 saturated carbocycles. The summed E-state index contributed by atoms with van der Waals surface area (Å²) >= 11 is 23.5. The Kier molecular flexibility index (Phi) is 7.01. The summed E-state index contributed by atoms with van der Waals surface area (Å²) in [7, 11) is 2.11. The van der Waals surface area contributed by atoms with Crippen LogP contribution in [0, 0.1) is 0 Å². The van der Waals surface area contributed by atoms with Crippen LogP contribution in [0.2, 0.25) is 15.1 Å². The average Bonchev–Trinajstić information content (AvgIpc) is 2.65. The summed E-state index contributed by atoms with van der Waals surface area (Å²) in [4.78, 5) is 16.8.